The van der Waals surface area contributed by atoms with Gasteiger partial charge < -0.3 is 14.8 Å². The highest BCUT2D eigenvalue weighted by atomic mass is 32.2. The number of aryl methyl sites for hydroxylation is 1. The molecule has 0 radical (unpaired) electrons. The second-order valence-corrected chi connectivity index (χ2v) is 9.20. The van der Waals surface area contributed by atoms with Crippen LogP contribution in [0.5, 0.6) is 5.75 Å². The molecule has 0 aliphatic rings. The Labute approximate surface area is 186 Å². The maximum absolute atomic E-state index is 13.1. The lowest BCUT2D eigenvalue weighted by Crippen LogP contribution is -2.26. The molecule has 1 amide bonds. The number of esters is 1. The van der Waals surface area contributed by atoms with Gasteiger partial charge >= 0.3 is 5.97 Å². The number of methoxy groups -OCH3 is 1. The van der Waals surface area contributed by atoms with Crippen LogP contribution in [0.2, 0.25) is 0 Å². The number of carbonyl (C=O) groups excluding carboxylic acids is 2. The number of anilines is 1. The van der Waals surface area contributed by atoms with Gasteiger partial charge in [-0.1, -0.05) is 36.4 Å². The summed E-state index contributed by atoms with van der Waals surface area (Å²) in [6.45, 7) is 1.88. The summed E-state index contributed by atoms with van der Waals surface area (Å²) >= 11 is 0. The fourth-order valence-corrected chi connectivity index (χ4v) is 3.66. The minimum absolute atomic E-state index is 0.0814. The van der Waals surface area contributed by atoms with Crippen molar-refractivity contribution in [2.75, 3.05) is 18.7 Å². The van der Waals surface area contributed by atoms with Gasteiger partial charge in [-0.2, -0.15) is 0 Å². The quantitative estimate of drug-likeness (QED) is 0.544. The van der Waals surface area contributed by atoms with Gasteiger partial charge in [-0.15, -0.1) is 0 Å². The third kappa shape index (κ3) is 5.53. The van der Waals surface area contributed by atoms with Crippen LogP contribution in [0.1, 0.15) is 27.6 Å². The summed E-state index contributed by atoms with van der Waals surface area (Å²) in [4.78, 5) is 26.0. The maximum atomic E-state index is 13.1. The molecule has 0 heterocycles. The normalized spacial score (nSPS) is 12.0. The lowest BCUT2D eigenvalue weighted by Gasteiger charge is -2.19. The Kier molecular flexibility index (Phi) is 6.95. The van der Waals surface area contributed by atoms with Crippen molar-refractivity contribution in [3.05, 3.63) is 89.5 Å². The molecule has 3 rings (SSSR count). The van der Waals surface area contributed by atoms with Crippen LogP contribution in [0.25, 0.3) is 0 Å². The highest BCUT2D eigenvalue weighted by Gasteiger charge is 2.26. The SMILES string of the molecule is COc1ccc(C)cc1NC(=O)[C@H](OC(=O)c1ccc(S(C)(=O)=O)cc1)c1ccccc1. The first-order chi connectivity index (χ1) is 15.2. The molecule has 1 N–H and O–H groups in total. The third-order valence-electron chi connectivity index (χ3n) is 4.70. The van der Waals surface area contributed by atoms with Crippen LogP contribution in [-0.4, -0.2) is 33.7 Å². The van der Waals surface area contributed by atoms with Gasteiger partial charge in [-0.25, -0.2) is 13.2 Å². The number of rotatable bonds is 7. The van der Waals surface area contributed by atoms with Crippen molar-refractivity contribution in [1.29, 1.82) is 0 Å². The van der Waals surface area contributed by atoms with Gasteiger partial charge in [0.05, 0.1) is 23.3 Å². The monoisotopic (exact) mass is 453 g/mol. The zero-order valence-corrected chi connectivity index (χ0v) is 18.7. The first kappa shape index (κ1) is 23.0. The van der Waals surface area contributed by atoms with Crippen LogP contribution >= 0.6 is 0 Å². The molecule has 3 aromatic carbocycles. The molecule has 166 valence electrons. The first-order valence-corrected chi connectivity index (χ1v) is 11.6. The number of carbonyl (C=O) groups is 2. The van der Waals surface area contributed by atoms with E-state index in [0.29, 0.717) is 17.0 Å². The van der Waals surface area contributed by atoms with E-state index in [1.165, 1.54) is 31.4 Å². The zero-order valence-electron chi connectivity index (χ0n) is 17.9. The van der Waals surface area contributed by atoms with E-state index in [0.717, 1.165) is 11.8 Å². The molecule has 0 spiro atoms. The van der Waals surface area contributed by atoms with Crippen LogP contribution in [0, 0.1) is 6.92 Å². The van der Waals surface area contributed by atoms with Crippen molar-refractivity contribution in [3.8, 4) is 5.75 Å². The molecule has 0 aliphatic heterocycles. The summed E-state index contributed by atoms with van der Waals surface area (Å²) in [7, 11) is -1.90. The molecule has 0 bridgehead atoms. The van der Waals surface area contributed by atoms with Crippen molar-refractivity contribution in [3.63, 3.8) is 0 Å². The fourth-order valence-electron chi connectivity index (χ4n) is 3.03. The standard InChI is InChI=1S/C24H23NO6S/c1-16-9-14-21(30-2)20(15-16)25-23(26)22(17-7-5-4-6-8-17)31-24(27)18-10-12-19(13-11-18)32(3,28)29/h4-15,22H,1-3H3,(H,25,26)/t22-/m1/s1. The average Bonchev–Trinajstić information content (AvgIpc) is 2.77. The van der Waals surface area contributed by atoms with E-state index >= 15 is 0 Å². The smallest absolute Gasteiger partial charge is 0.339 e. The molecule has 0 fully saturated rings. The number of benzene rings is 3. The van der Waals surface area contributed by atoms with Gasteiger partial charge in [-0.3, -0.25) is 4.79 Å². The molecule has 0 unspecified atom stereocenters. The molecular formula is C24H23NO6S. The molecule has 7 nitrogen and oxygen atoms in total. The molecule has 1 atom stereocenters. The Morgan fingerprint density at radius 2 is 1.59 bits per heavy atom. The number of amides is 1. The molecule has 0 saturated carbocycles. The molecule has 32 heavy (non-hydrogen) atoms. The van der Waals surface area contributed by atoms with Gasteiger partial charge in [-0.05, 0) is 48.9 Å². The van der Waals surface area contributed by atoms with Gasteiger partial charge in [0.1, 0.15) is 5.75 Å². The summed E-state index contributed by atoms with van der Waals surface area (Å²) in [5.41, 5.74) is 1.98. The predicted octanol–water partition coefficient (Wildman–Crippen LogP) is 3.94. The van der Waals surface area contributed by atoms with E-state index < -0.39 is 27.8 Å². The van der Waals surface area contributed by atoms with E-state index in [9.17, 15) is 18.0 Å². The highest BCUT2D eigenvalue weighted by molar-refractivity contribution is 7.90. The molecule has 0 aromatic heterocycles. The maximum Gasteiger partial charge on any atom is 0.339 e. The van der Waals surface area contributed by atoms with Crippen LogP contribution in [0.15, 0.2) is 77.7 Å². The number of nitrogens with one attached hydrogen (secondary N) is 1. The molecule has 3 aromatic rings. The number of hydrogen-bond acceptors (Lipinski definition) is 6. The number of sulfone groups is 1. The van der Waals surface area contributed by atoms with Gasteiger partial charge in [0.25, 0.3) is 5.91 Å². The molecule has 0 aliphatic carbocycles. The summed E-state index contributed by atoms with van der Waals surface area (Å²) in [5.74, 6) is -0.843. The Balaban J connectivity index is 1.88. The largest absolute Gasteiger partial charge is 0.495 e. The second kappa shape index (κ2) is 9.65. The van der Waals surface area contributed by atoms with Crippen LogP contribution in [0.4, 0.5) is 5.69 Å². The third-order valence-corrected chi connectivity index (χ3v) is 5.82. The van der Waals surface area contributed by atoms with E-state index in [1.807, 2.05) is 13.0 Å². The van der Waals surface area contributed by atoms with E-state index in [-0.39, 0.29) is 10.5 Å². The minimum atomic E-state index is -3.40. The van der Waals surface area contributed by atoms with Crippen molar-refractivity contribution >= 4 is 27.4 Å². The Morgan fingerprint density at radius 1 is 0.938 bits per heavy atom. The number of hydrogen-bond donors (Lipinski definition) is 1. The van der Waals surface area contributed by atoms with Gasteiger partial charge in [0.15, 0.2) is 9.84 Å². The topological polar surface area (TPSA) is 98.8 Å². The molecule has 8 heteroatoms. The van der Waals surface area contributed by atoms with Crippen molar-refractivity contribution < 1.29 is 27.5 Å². The molecular weight excluding hydrogens is 430 g/mol. The van der Waals surface area contributed by atoms with Crippen molar-refractivity contribution in [2.24, 2.45) is 0 Å². The molecule has 0 saturated heterocycles. The van der Waals surface area contributed by atoms with Gasteiger partial charge in [0.2, 0.25) is 6.10 Å². The Bertz CT molecular complexity index is 1220. The average molecular weight is 454 g/mol. The fraction of sp³-hybridized carbons (Fsp3) is 0.167. The van der Waals surface area contributed by atoms with Crippen molar-refractivity contribution in [2.45, 2.75) is 17.9 Å². The number of ether oxygens (including phenoxy) is 2. The first-order valence-electron chi connectivity index (χ1n) is 9.70. The van der Waals surface area contributed by atoms with Crippen LogP contribution in [-0.2, 0) is 19.4 Å². The van der Waals surface area contributed by atoms with Crippen LogP contribution < -0.4 is 10.1 Å². The Morgan fingerprint density at radius 3 is 2.19 bits per heavy atom. The van der Waals surface area contributed by atoms with E-state index in [2.05, 4.69) is 5.32 Å². The van der Waals surface area contributed by atoms with Crippen molar-refractivity contribution in [1.82, 2.24) is 0 Å². The lowest BCUT2D eigenvalue weighted by atomic mass is 10.1. The van der Waals surface area contributed by atoms with Gasteiger partial charge in [0, 0.05) is 11.8 Å². The van der Waals surface area contributed by atoms with Crippen LogP contribution in [0.3, 0.4) is 0 Å². The zero-order chi connectivity index (χ0) is 23.3. The summed E-state index contributed by atoms with van der Waals surface area (Å²) < 4.78 is 34.1. The van der Waals surface area contributed by atoms with E-state index in [4.69, 9.17) is 9.47 Å². The summed E-state index contributed by atoms with van der Waals surface area (Å²) in [5, 5.41) is 2.77. The second-order valence-electron chi connectivity index (χ2n) is 7.19. The van der Waals surface area contributed by atoms with E-state index in [1.54, 1.807) is 42.5 Å². The predicted molar refractivity (Wildman–Crippen MR) is 121 cm³/mol. The highest BCUT2D eigenvalue weighted by Crippen LogP contribution is 2.28. The lowest BCUT2D eigenvalue weighted by molar-refractivity contribution is -0.125. The minimum Gasteiger partial charge on any atom is -0.495 e. The summed E-state index contributed by atoms with van der Waals surface area (Å²) in [6, 6.07) is 19.3. The summed E-state index contributed by atoms with van der Waals surface area (Å²) in [6.07, 6.45) is -0.154. The Hall–Kier alpha value is -3.65.